The second kappa shape index (κ2) is 17.4. The van der Waals surface area contributed by atoms with Crippen molar-refractivity contribution < 1.29 is 38.1 Å². The maximum absolute atomic E-state index is 11.8. The Balaban J connectivity index is 4.10. The van der Waals surface area contributed by atoms with Crippen molar-refractivity contribution in [3.63, 3.8) is 0 Å². The molecule has 3 unspecified atom stereocenters. The van der Waals surface area contributed by atoms with Gasteiger partial charge < -0.3 is 18.9 Å². The fourth-order valence-corrected chi connectivity index (χ4v) is 2.27. The molecule has 0 saturated carbocycles. The van der Waals surface area contributed by atoms with Crippen molar-refractivity contribution in [2.75, 3.05) is 19.8 Å². The van der Waals surface area contributed by atoms with Crippen LogP contribution in [0.1, 0.15) is 53.4 Å². The molecular weight excluding hydrogens is 392 g/mol. The van der Waals surface area contributed by atoms with Crippen molar-refractivity contribution >= 4 is 24.2 Å². The molecule has 0 aliphatic rings. The third-order valence-corrected chi connectivity index (χ3v) is 4.06. The average Bonchev–Trinajstić information content (AvgIpc) is 2.73. The minimum atomic E-state index is -0.681. The maximum atomic E-state index is 11.8. The lowest BCUT2D eigenvalue weighted by atomic mass is 10.0. The van der Waals surface area contributed by atoms with Gasteiger partial charge in [0.15, 0.2) is 0 Å². The summed E-state index contributed by atoms with van der Waals surface area (Å²) in [5.74, 6) is -1.58. The second-order valence-corrected chi connectivity index (χ2v) is 6.90. The quantitative estimate of drug-likeness (QED) is 0.161. The van der Waals surface area contributed by atoms with Gasteiger partial charge in [0.25, 0.3) is 0 Å². The average molecular weight is 427 g/mol. The van der Waals surface area contributed by atoms with Crippen molar-refractivity contribution in [1.29, 1.82) is 0 Å². The molecule has 0 saturated heterocycles. The molecule has 0 bridgehead atoms. The fourth-order valence-electron chi connectivity index (χ4n) is 2.27. The van der Waals surface area contributed by atoms with Crippen LogP contribution in [0.5, 0.6) is 0 Å². The highest BCUT2D eigenvalue weighted by Gasteiger charge is 2.12. The van der Waals surface area contributed by atoms with Gasteiger partial charge in [0, 0.05) is 18.2 Å². The minimum Gasteiger partial charge on any atom is -0.462 e. The predicted molar refractivity (Wildman–Crippen MR) is 111 cm³/mol. The molecule has 3 atom stereocenters. The largest absolute Gasteiger partial charge is 0.462 e. The number of aldehydes is 1. The molecule has 0 rings (SSSR count). The van der Waals surface area contributed by atoms with Gasteiger partial charge in [-0.1, -0.05) is 33.1 Å². The van der Waals surface area contributed by atoms with Crippen LogP contribution in [0.25, 0.3) is 0 Å². The van der Waals surface area contributed by atoms with E-state index in [9.17, 15) is 19.2 Å². The molecule has 0 aliphatic heterocycles. The van der Waals surface area contributed by atoms with Gasteiger partial charge in [0.2, 0.25) is 0 Å². The van der Waals surface area contributed by atoms with E-state index in [2.05, 4.69) is 13.8 Å². The van der Waals surface area contributed by atoms with E-state index in [-0.39, 0.29) is 13.2 Å². The number of allylic oxidation sites excluding steroid dienone is 1. The van der Waals surface area contributed by atoms with Gasteiger partial charge in [-0.15, -0.1) is 0 Å². The van der Waals surface area contributed by atoms with Crippen molar-refractivity contribution in [1.82, 2.24) is 0 Å². The standard InChI is InChI=1S/C22H34O8/c1-5-7-9-19(6-2)16-29-21(25)11-12-22(26)30-18(4)15-27-17(3)14-28-20(24)10-8-13-23/h8,10-13,17-19H,5-7,9,14-16H2,1-4H3/b10-8+,12-11+. The highest BCUT2D eigenvalue weighted by atomic mass is 16.6. The summed E-state index contributed by atoms with van der Waals surface area (Å²) < 4.78 is 20.6. The van der Waals surface area contributed by atoms with Crippen LogP contribution in [0.3, 0.4) is 0 Å². The summed E-state index contributed by atoms with van der Waals surface area (Å²) in [4.78, 5) is 44.8. The minimum absolute atomic E-state index is 0.00848. The molecule has 8 nitrogen and oxygen atoms in total. The Bertz CT molecular complexity index is 582. The zero-order valence-corrected chi connectivity index (χ0v) is 18.3. The number of unbranched alkanes of at least 4 members (excludes halogenated alkanes) is 1. The zero-order chi connectivity index (χ0) is 22.8. The summed E-state index contributed by atoms with van der Waals surface area (Å²) in [5, 5.41) is 0. The van der Waals surface area contributed by atoms with Crippen LogP contribution in [-0.4, -0.2) is 56.2 Å². The topological polar surface area (TPSA) is 105 Å². The van der Waals surface area contributed by atoms with Crippen LogP contribution in [0.2, 0.25) is 0 Å². The zero-order valence-electron chi connectivity index (χ0n) is 18.3. The Morgan fingerprint density at radius 3 is 2.10 bits per heavy atom. The lowest BCUT2D eigenvalue weighted by molar-refractivity contribution is -0.149. The van der Waals surface area contributed by atoms with Crippen LogP contribution in [0.4, 0.5) is 0 Å². The Hall–Kier alpha value is -2.48. The van der Waals surface area contributed by atoms with Crippen molar-refractivity contribution in [3.05, 3.63) is 24.3 Å². The number of hydrogen-bond acceptors (Lipinski definition) is 8. The van der Waals surface area contributed by atoms with E-state index >= 15 is 0 Å². The first-order chi connectivity index (χ1) is 14.3. The Kier molecular flexibility index (Phi) is 15.9. The van der Waals surface area contributed by atoms with E-state index in [4.69, 9.17) is 18.9 Å². The van der Waals surface area contributed by atoms with Gasteiger partial charge in [0.1, 0.15) is 19.0 Å². The molecule has 0 radical (unpaired) electrons. The molecule has 0 amide bonds. The normalized spacial score (nSPS) is 14.3. The fraction of sp³-hybridized carbons (Fsp3) is 0.636. The predicted octanol–water partition coefficient (Wildman–Crippen LogP) is 2.94. The lowest BCUT2D eigenvalue weighted by Crippen LogP contribution is -2.25. The summed E-state index contributed by atoms with van der Waals surface area (Å²) in [6, 6.07) is 0. The summed E-state index contributed by atoms with van der Waals surface area (Å²) in [7, 11) is 0. The third kappa shape index (κ3) is 15.4. The molecular formula is C22H34O8. The number of carbonyl (C=O) groups is 4. The number of ether oxygens (including phenoxy) is 4. The molecule has 0 heterocycles. The van der Waals surface area contributed by atoms with Crippen LogP contribution in [0, 0.1) is 5.92 Å². The van der Waals surface area contributed by atoms with E-state index in [0.29, 0.717) is 18.8 Å². The Labute approximate surface area is 178 Å². The number of rotatable bonds is 16. The first kappa shape index (κ1) is 27.5. The molecule has 8 heteroatoms. The molecule has 30 heavy (non-hydrogen) atoms. The van der Waals surface area contributed by atoms with Gasteiger partial charge in [-0.05, 0) is 32.3 Å². The Morgan fingerprint density at radius 1 is 0.833 bits per heavy atom. The summed E-state index contributed by atoms with van der Waals surface area (Å²) in [5.41, 5.74) is 0. The molecule has 0 aromatic rings. The van der Waals surface area contributed by atoms with E-state index < -0.39 is 30.1 Å². The second-order valence-electron chi connectivity index (χ2n) is 6.90. The van der Waals surface area contributed by atoms with Gasteiger partial charge >= 0.3 is 17.9 Å². The van der Waals surface area contributed by atoms with Gasteiger partial charge in [-0.2, -0.15) is 0 Å². The van der Waals surface area contributed by atoms with Crippen LogP contribution >= 0.6 is 0 Å². The first-order valence-corrected chi connectivity index (χ1v) is 10.3. The molecule has 0 aliphatic carbocycles. The van der Waals surface area contributed by atoms with Gasteiger partial charge in [-0.25, -0.2) is 14.4 Å². The van der Waals surface area contributed by atoms with Crippen LogP contribution in [0.15, 0.2) is 24.3 Å². The SMILES string of the molecule is CCCCC(CC)COC(=O)/C=C/C(=O)OC(C)COC(C)COC(=O)/C=C/C=O. The lowest BCUT2D eigenvalue weighted by Gasteiger charge is -2.17. The monoisotopic (exact) mass is 426 g/mol. The van der Waals surface area contributed by atoms with Crippen molar-refractivity contribution in [3.8, 4) is 0 Å². The smallest absolute Gasteiger partial charge is 0.331 e. The van der Waals surface area contributed by atoms with E-state index in [1.165, 1.54) is 0 Å². The summed E-state index contributed by atoms with van der Waals surface area (Å²) >= 11 is 0. The van der Waals surface area contributed by atoms with Crippen LogP contribution in [-0.2, 0) is 38.1 Å². The molecule has 0 fully saturated rings. The summed E-state index contributed by atoms with van der Waals surface area (Å²) in [6.07, 6.45) is 7.74. The molecule has 0 N–H and O–H groups in total. The van der Waals surface area contributed by atoms with Crippen LogP contribution < -0.4 is 0 Å². The first-order valence-electron chi connectivity index (χ1n) is 10.3. The molecule has 0 aromatic heterocycles. The van der Waals surface area contributed by atoms with Gasteiger partial charge in [-0.3, -0.25) is 4.79 Å². The highest BCUT2D eigenvalue weighted by molar-refractivity contribution is 5.91. The Morgan fingerprint density at radius 2 is 1.47 bits per heavy atom. The number of hydrogen-bond donors (Lipinski definition) is 0. The van der Waals surface area contributed by atoms with Crippen molar-refractivity contribution in [2.45, 2.75) is 65.6 Å². The van der Waals surface area contributed by atoms with E-state index in [1.807, 2.05) is 0 Å². The third-order valence-electron chi connectivity index (χ3n) is 4.06. The number of carbonyl (C=O) groups excluding carboxylic acids is 4. The molecule has 170 valence electrons. The molecule has 0 aromatic carbocycles. The van der Waals surface area contributed by atoms with E-state index in [0.717, 1.165) is 50.0 Å². The van der Waals surface area contributed by atoms with Gasteiger partial charge in [0.05, 0.1) is 19.3 Å². The summed E-state index contributed by atoms with van der Waals surface area (Å²) in [6.45, 7) is 7.91. The maximum Gasteiger partial charge on any atom is 0.331 e. The highest BCUT2D eigenvalue weighted by Crippen LogP contribution is 2.12. The number of esters is 3. The van der Waals surface area contributed by atoms with Crippen molar-refractivity contribution in [2.24, 2.45) is 5.92 Å². The molecule has 0 spiro atoms. The van der Waals surface area contributed by atoms with E-state index in [1.54, 1.807) is 13.8 Å².